The fourth-order valence-electron chi connectivity index (χ4n) is 3.62. The van der Waals surface area contributed by atoms with E-state index in [1.165, 1.54) is 0 Å². The first kappa shape index (κ1) is 29.6. The molecule has 15 nitrogen and oxygen atoms in total. The minimum atomic E-state index is -1.29. The molecule has 206 valence electrons. The number of benzene rings is 1. The van der Waals surface area contributed by atoms with E-state index in [9.17, 15) is 29.1 Å². The molecular formula is C23H33N9O6. The Labute approximate surface area is 217 Å². The summed E-state index contributed by atoms with van der Waals surface area (Å²) in [5, 5.41) is 17.7. The molecule has 0 bridgehead atoms. The smallest absolute Gasteiger partial charge is 0.326 e. The number of aliphatic carboxylic acids is 1. The number of hydrogen-bond donors (Lipinski definition) is 9. The average molecular weight is 532 g/mol. The minimum Gasteiger partial charge on any atom is -0.480 e. The molecule has 2 aromatic rings. The normalized spacial score (nSPS) is 13.1. The van der Waals surface area contributed by atoms with Crippen LogP contribution in [0.4, 0.5) is 0 Å². The number of aromatic amines is 1. The number of carboxylic acid groups (broad SMARTS) is 1. The fourth-order valence-corrected chi connectivity index (χ4v) is 3.62. The maximum atomic E-state index is 13.0. The molecule has 0 saturated heterocycles. The van der Waals surface area contributed by atoms with E-state index in [4.69, 9.17) is 22.9 Å². The number of para-hydroxylation sites is 1. The molecule has 1 aromatic heterocycles. The maximum Gasteiger partial charge on any atom is 0.326 e. The number of guanidine groups is 1. The summed E-state index contributed by atoms with van der Waals surface area (Å²) >= 11 is 0. The number of aliphatic imine (C=N–C) groups is 1. The van der Waals surface area contributed by atoms with Crippen LogP contribution in [-0.4, -0.2) is 76.9 Å². The monoisotopic (exact) mass is 531 g/mol. The third-order valence-electron chi connectivity index (χ3n) is 5.49. The molecule has 3 atom stereocenters. The van der Waals surface area contributed by atoms with Gasteiger partial charge in [0.15, 0.2) is 5.96 Å². The van der Waals surface area contributed by atoms with Gasteiger partial charge in [-0.15, -0.1) is 0 Å². The van der Waals surface area contributed by atoms with Crippen LogP contribution in [0.1, 0.15) is 24.8 Å². The number of nitrogens with one attached hydrogen (secondary N) is 4. The van der Waals surface area contributed by atoms with E-state index in [-0.39, 0.29) is 31.8 Å². The first-order valence-electron chi connectivity index (χ1n) is 11.7. The van der Waals surface area contributed by atoms with E-state index in [1.807, 2.05) is 24.3 Å². The van der Waals surface area contributed by atoms with Crippen molar-refractivity contribution in [3.63, 3.8) is 0 Å². The van der Waals surface area contributed by atoms with Gasteiger partial charge in [-0.3, -0.25) is 24.2 Å². The molecule has 0 aliphatic heterocycles. The molecule has 1 aromatic carbocycles. The number of nitrogens with two attached hydrogens (primary N) is 4. The Balaban J connectivity index is 2.07. The second kappa shape index (κ2) is 14.2. The van der Waals surface area contributed by atoms with Crippen molar-refractivity contribution in [3.05, 3.63) is 36.0 Å². The van der Waals surface area contributed by atoms with Crippen molar-refractivity contribution in [3.8, 4) is 0 Å². The topological polar surface area (TPSA) is 274 Å². The van der Waals surface area contributed by atoms with Gasteiger partial charge >= 0.3 is 5.97 Å². The van der Waals surface area contributed by atoms with Crippen LogP contribution in [0.3, 0.4) is 0 Å². The number of nitrogens with zero attached hydrogens (tertiary/aromatic N) is 1. The molecule has 0 radical (unpaired) electrons. The molecule has 0 spiro atoms. The van der Waals surface area contributed by atoms with E-state index < -0.39 is 60.7 Å². The highest BCUT2D eigenvalue weighted by Crippen LogP contribution is 2.19. The Morgan fingerprint density at radius 2 is 1.71 bits per heavy atom. The van der Waals surface area contributed by atoms with Crippen LogP contribution in [-0.2, 0) is 30.4 Å². The van der Waals surface area contributed by atoms with Gasteiger partial charge in [0.05, 0.1) is 19.0 Å². The van der Waals surface area contributed by atoms with E-state index >= 15 is 0 Å². The third kappa shape index (κ3) is 9.42. The lowest BCUT2D eigenvalue weighted by molar-refractivity contribution is -0.142. The van der Waals surface area contributed by atoms with Crippen LogP contribution in [0.15, 0.2) is 35.5 Å². The van der Waals surface area contributed by atoms with Gasteiger partial charge in [-0.25, -0.2) is 4.79 Å². The maximum absolute atomic E-state index is 13.0. The summed E-state index contributed by atoms with van der Waals surface area (Å²) in [6, 6.07) is 3.65. The molecule has 4 amide bonds. The summed E-state index contributed by atoms with van der Waals surface area (Å²) in [6.45, 7) is -0.376. The van der Waals surface area contributed by atoms with E-state index in [2.05, 4.69) is 25.9 Å². The highest BCUT2D eigenvalue weighted by atomic mass is 16.4. The Kier molecular flexibility index (Phi) is 11.0. The van der Waals surface area contributed by atoms with E-state index in [0.717, 1.165) is 10.9 Å². The number of carboxylic acids is 1. The Morgan fingerprint density at radius 1 is 1.00 bits per heavy atom. The SMILES string of the molecule is NC(=O)CC(N)C(=O)NCC(=O)NC(CCCN=C(N)N)C(=O)NC(Cc1c[nH]c2ccccc12)C(=O)O. The zero-order chi connectivity index (χ0) is 28.2. The largest absolute Gasteiger partial charge is 0.480 e. The number of amides is 4. The predicted octanol–water partition coefficient (Wildman–Crippen LogP) is -2.86. The van der Waals surface area contributed by atoms with Gasteiger partial charge in [0, 0.05) is 30.1 Å². The van der Waals surface area contributed by atoms with Crippen LogP contribution >= 0.6 is 0 Å². The van der Waals surface area contributed by atoms with Crippen molar-refractivity contribution in [2.75, 3.05) is 13.1 Å². The lowest BCUT2D eigenvalue weighted by Gasteiger charge is -2.21. The minimum absolute atomic E-state index is 0.00639. The van der Waals surface area contributed by atoms with Crippen molar-refractivity contribution < 1.29 is 29.1 Å². The van der Waals surface area contributed by atoms with Gasteiger partial charge in [-0.1, -0.05) is 18.2 Å². The summed E-state index contributed by atoms with van der Waals surface area (Å²) in [7, 11) is 0. The third-order valence-corrected chi connectivity index (χ3v) is 5.49. The number of H-pyrrole nitrogens is 1. The second-order valence-corrected chi connectivity index (χ2v) is 8.53. The summed E-state index contributed by atoms with van der Waals surface area (Å²) < 4.78 is 0. The van der Waals surface area contributed by atoms with Crippen molar-refractivity contribution in [2.45, 2.75) is 43.8 Å². The lowest BCUT2D eigenvalue weighted by Crippen LogP contribution is -2.54. The Bertz CT molecular complexity index is 1190. The van der Waals surface area contributed by atoms with E-state index in [1.54, 1.807) is 6.20 Å². The number of primary amides is 1. The molecule has 0 aliphatic carbocycles. The van der Waals surface area contributed by atoms with Crippen molar-refractivity contribution in [2.24, 2.45) is 27.9 Å². The van der Waals surface area contributed by atoms with Gasteiger partial charge < -0.3 is 49.0 Å². The van der Waals surface area contributed by atoms with Gasteiger partial charge in [-0.2, -0.15) is 0 Å². The molecule has 38 heavy (non-hydrogen) atoms. The fraction of sp³-hybridized carbons (Fsp3) is 0.391. The first-order chi connectivity index (χ1) is 18.0. The summed E-state index contributed by atoms with van der Waals surface area (Å²) in [5.74, 6) is -4.45. The number of carbonyl (C=O) groups excluding carboxylic acids is 4. The highest BCUT2D eigenvalue weighted by molar-refractivity contribution is 5.93. The number of hydrogen-bond acceptors (Lipinski definition) is 7. The van der Waals surface area contributed by atoms with Gasteiger partial charge in [-0.05, 0) is 24.5 Å². The first-order valence-corrected chi connectivity index (χ1v) is 11.7. The van der Waals surface area contributed by atoms with Crippen molar-refractivity contribution in [1.82, 2.24) is 20.9 Å². The van der Waals surface area contributed by atoms with Gasteiger partial charge in [0.2, 0.25) is 23.6 Å². The highest BCUT2D eigenvalue weighted by Gasteiger charge is 2.27. The molecule has 2 rings (SSSR count). The van der Waals surface area contributed by atoms with Crippen LogP contribution in [0.5, 0.6) is 0 Å². The Hall–Kier alpha value is -4.66. The molecular weight excluding hydrogens is 498 g/mol. The van der Waals surface area contributed by atoms with Crippen LogP contribution in [0.2, 0.25) is 0 Å². The summed E-state index contributed by atoms with van der Waals surface area (Å²) in [6.07, 6.45) is 1.62. The molecule has 3 unspecified atom stereocenters. The van der Waals surface area contributed by atoms with Crippen molar-refractivity contribution in [1.29, 1.82) is 0 Å². The zero-order valence-corrected chi connectivity index (χ0v) is 20.6. The van der Waals surface area contributed by atoms with Crippen LogP contribution < -0.4 is 38.9 Å². The molecule has 13 N–H and O–H groups in total. The standard InChI is InChI=1S/C23H33N9O6/c24-14(9-18(25)33)20(35)30-11-19(34)31-16(6-3-7-28-23(26)27)21(36)32-17(22(37)38)8-12-10-29-15-5-2-1-4-13(12)15/h1-2,4-5,10,14,16-17,29H,3,6-9,11,24H2,(H2,25,33)(H,30,35)(H,31,34)(H,32,36)(H,37,38)(H4,26,27,28). The summed E-state index contributed by atoms with van der Waals surface area (Å²) in [5.41, 5.74) is 22.7. The van der Waals surface area contributed by atoms with Crippen LogP contribution in [0.25, 0.3) is 10.9 Å². The quantitative estimate of drug-likeness (QED) is 0.0648. The van der Waals surface area contributed by atoms with Gasteiger partial charge in [0.25, 0.3) is 0 Å². The van der Waals surface area contributed by atoms with Crippen LogP contribution in [0, 0.1) is 0 Å². The van der Waals surface area contributed by atoms with Crippen molar-refractivity contribution >= 4 is 46.5 Å². The number of carbonyl (C=O) groups is 5. The molecule has 15 heteroatoms. The number of aromatic nitrogens is 1. The molecule has 0 fully saturated rings. The molecule has 0 saturated carbocycles. The Morgan fingerprint density at radius 3 is 2.37 bits per heavy atom. The zero-order valence-electron chi connectivity index (χ0n) is 20.6. The van der Waals surface area contributed by atoms with Gasteiger partial charge in [0.1, 0.15) is 12.1 Å². The van der Waals surface area contributed by atoms with E-state index in [0.29, 0.717) is 5.56 Å². The number of fused-ring (bicyclic) bond motifs is 1. The number of rotatable bonds is 15. The lowest BCUT2D eigenvalue weighted by atomic mass is 10.0. The average Bonchev–Trinajstić information content (AvgIpc) is 3.26. The summed E-state index contributed by atoms with van der Waals surface area (Å²) in [4.78, 5) is 67.2. The second-order valence-electron chi connectivity index (χ2n) is 8.53. The predicted molar refractivity (Wildman–Crippen MR) is 138 cm³/mol. The molecule has 0 aliphatic rings. The molecule has 1 heterocycles.